The monoisotopic (exact) mass is 330 g/mol. The Kier molecular flexibility index (Phi) is 5.39. The van der Waals surface area contributed by atoms with Crippen LogP contribution in [0.25, 0.3) is 0 Å². The summed E-state index contributed by atoms with van der Waals surface area (Å²) < 4.78 is 0. The van der Waals surface area contributed by atoms with Gasteiger partial charge in [0, 0.05) is 37.9 Å². The molecule has 0 aromatic carbocycles. The summed E-state index contributed by atoms with van der Waals surface area (Å²) in [6.07, 6.45) is 8.37. The molecule has 1 amide bonds. The molecule has 0 saturated carbocycles. The molecule has 0 aliphatic carbocycles. The van der Waals surface area contributed by atoms with Crippen molar-refractivity contribution in [3.63, 3.8) is 0 Å². The van der Waals surface area contributed by atoms with E-state index in [9.17, 15) is 4.79 Å². The number of piperidine rings is 1. The van der Waals surface area contributed by atoms with Crippen LogP contribution in [0.1, 0.15) is 56.1 Å². The maximum atomic E-state index is 13.0. The summed E-state index contributed by atoms with van der Waals surface area (Å²) in [6.45, 7) is 10.3. The van der Waals surface area contributed by atoms with Crippen LogP contribution in [0.3, 0.4) is 0 Å². The van der Waals surface area contributed by atoms with E-state index in [4.69, 9.17) is 0 Å². The Bertz CT molecular complexity index is 602. The minimum absolute atomic E-state index is 0.160. The molecule has 1 N–H and O–H groups in total. The summed E-state index contributed by atoms with van der Waals surface area (Å²) in [5.74, 6) is 0.757. The molecule has 0 unspecified atom stereocenters. The maximum Gasteiger partial charge on any atom is 0.257 e. The lowest BCUT2D eigenvalue weighted by Crippen LogP contribution is -2.44. The highest BCUT2D eigenvalue weighted by Gasteiger charge is 2.36. The quantitative estimate of drug-likeness (QED) is 0.845. The predicted octanol–water partition coefficient (Wildman–Crippen LogP) is 2.86. The molecule has 4 heterocycles. The lowest BCUT2D eigenvalue weighted by atomic mass is 9.95. The lowest BCUT2D eigenvalue weighted by molar-refractivity contribution is 0.0739. The van der Waals surface area contributed by atoms with Gasteiger partial charge < -0.3 is 4.90 Å². The molecular formula is C19H30N4O. The van der Waals surface area contributed by atoms with Crippen LogP contribution >= 0.6 is 0 Å². The average Bonchev–Trinajstić information content (AvgIpc) is 2.82. The van der Waals surface area contributed by atoms with Crippen LogP contribution in [0.2, 0.25) is 0 Å². The van der Waals surface area contributed by atoms with Gasteiger partial charge in [-0.15, -0.1) is 0 Å². The highest BCUT2D eigenvalue weighted by Crippen LogP contribution is 2.29. The predicted molar refractivity (Wildman–Crippen MR) is 96.0 cm³/mol. The summed E-state index contributed by atoms with van der Waals surface area (Å²) in [7, 11) is 0. The van der Waals surface area contributed by atoms with E-state index >= 15 is 0 Å². The summed E-state index contributed by atoms with van der Waals surface area (Å²) in [5, 5.41) is 7.11. The van der Waals surface area contributed by atoms with Crippen molar-refractivity contribution in [1.82, 2.24) is 20.0 Å². The van der Waals surface area contributed by atoms with Crippen molar-refractivity contribution in [2.24, 2.45) is 5.92 Å². The largest absolute Gasteiger partial charge is 0.337 e. The van der Waals surface area contributed by atoms with Crippen molar-refractivity contribution in [1.29, 1.82) is 0 Å². The van der Waals surface area contributed by atoms with Crippen molar-refractivity contribution in [2.75, 3.05) is 26.2 Å². The minimum Gasteiger partial charge on any atom is -0.337 e. The molecule has 2 atom stereocenters. The molecule has 3 aliphatic rings. The van der Waals surface area contributed by atoms with E-state index in [1.807, 2.05) is 0 Å². The molecular weight excluding hydrogens is 300 g/mol. The number of rotatable bonds is 5. The zero-order chi connectivity index (χ0) is 17.1. The fourth-order valence-electron chi connectivity index (χ4n) is 3.98. The van der Waals surface area contributed by atoms with Gasteiger partial charge in [0.1, 0.15) is 0 Å². The van der Waals surface area contributed by atoms with Gasteiger partial charge in [-0.1, -0.05) is 25.0 Å². The summed E-state index contributed by atoms with van der Waals surface area (Å²) in [4.78, 5) is 17.7. The molecule has 132 valence electrons. The Hall–Kier alpha value is -1.62. The Labute approximate surface area is 145 Å². The zero-order valence-corrected chi connectivity index (χ0v) is 15.2. The Morgan fingerprint density at radius 3 is 2.92 bits per heavy atom. The van der Waals surface area contributed by atoms with Gasteiger partial charge in [0.05, 0.1) is 11.8 Å². The molecule has 1 aromatic heterocycles. The van der Waals surface area contributed by atoms with Crippen LogP contribution in [-0.2, 0) is 6.42 Å². The van der Waals surface area contributed by atoms with Crippen LogP contribution in [-0.4, -0.2) is 58.1 Å². The fraction of sp³-hybridized carbons (Fsp3) is 0.684. The standard InChI is InChI=1S/C19H30N4O/c1-4-5-18-17(10-20-21-18)19(24)23-12-15-6-7-16(13-23)22(11-15)9-8-14(2)3/h8,10,15-16H,4-7,9,11-13H2,1-3H3,(H,20,21)/t15-,16-/m1/s1. The molecule has 4 rings (SSSR count). The smallest absolute Gasteiger partial charge is 0.257 e. The van der Waals surface area contributed by atoms with Gasteiger partial charge in [0.2, 0.25) is 0 Å². The van der Waals surface area contributed by atoms with Crippen LogP contribution in [0.15, 0.2) is 17.8 Å². The third kappa shape index (κ3) is 3.72. The summed E-state index contributed by atoms with van der Waals surface area (Å²) >= 11 is 0. The van der Waals surface area contributed by atoms with E-state index in [-0.39, 0.29) is 5.91 Å². The Morgan fingerprint density at radius 2 is 2.17 bits per heavy atom. The van der Waals surface area contributed by atoms with Crippen molar-refractivity contribution in [3.05, 3.63) is 29.1 Å². The number of hydrogen-bond donors (Lipinski definition) is 1. The molecule has 3 saturated heterocycles. The number of nitrogens with zero attached hydrogens (tertiary/aromatic N) is 3. The van der Waals surface area contributed by atoms with Gasteiger partial charge in [0.25, 0.3) is 5.91 Å². The van der Waals surface area contributed by atoms with Gasteiger partial charge in [-0.05, 0) is 39.0 Å². The molecule has 3 fully saturated rings. The first-order valence-corrected chi connectivity index (χ1v) is 9.27. The van der Waals surface area contributed by atoms with E-state index in [2.05, 4.69) is 46.8 Å². The summed E-state index contributed by atoms with van der Waals surface area (Å²) in [5.41, 5.74) is 3.13. The number of allylic oxidation sites excluding steroid dienone is 1. The number of carbonyl (C=O) groups is 1. The first-order chi connectivity index (χ1) is 11.6. The van der Waals surface area contributed by atoms with Gasteiger partial charge >= 0.3 is 0 Å². The second kappa shape index (κ2) is 7.51. The van der Waals surface area contributed by atoms with Crippen molar-refractivity contribution < 1.29 is 4.79 Å². The van der Waals surface area contributed by atoms with E-state index in [0.717, 1.165) is 50.3 Å². The highest BCUT2D eigenvalue weighted by molar-refractivity contribution is 5.95. The number of aryl methyl sites for hydroxylation is 1. The van der Waals surface area contributed by atoms with Crippen molar-refractivity contribution in [3.8, 4) is 0 Å². The lowest BCUT2D eigenvalue weighted by Gasteiger charge is -2.35. The van der Waals surface area contributed by atoms with Gasteiger partial charge in [-0.3, -0.25) is 14.8 Å². The molecule has 2 bridgehead atoms. The molecule has 5 heteroatoms. The summed E-state index contributed by atoms with van der Waals surface area (Å²) in [6, 6.07) is 0.491. The topological polar surface area (TPSA) is 52.2 Å². The minimum atomic E-state index is 0.160. The third-order valence-electron chi connectivity index (χ3n) is 5.30. The first kappa shape index (κ1) is 17.2. The van der Waals surface area contributed by atoms with Crippen molar-refractivity contribution >= 4 is 5.91 Å². The zero-order valence-electron chi connectivity index (χ0n) is 15.2. The van der Waals surface area contributed by atoms with Crippen LogP contribution in [0.5, 0.6) is 0 Å². The van der Waals surface area contributed by atoms with E-state index in [1.54, 1.807) is 6.20 Å². The normalized spacial score (nSPS) is 24.0. The van der Waals surface area contributed by atoms with Crippen LogP contribution < -0.4 is 0 Å². The van der Waals surface area contributed by atoms with Crippen molar-refractivity contribution in [2.45, 2.75) is 52.5 Å². The highest BCUT2D eigenvalue weighted by atomic mass is 16.2. The Balaban J connectivity index is 1.73. The van der Waals surface area contributed by atoms with Gasteiger partial charge in [0.15, 0.2) is 0 Å². The number of aromatic nitrogens is 2. The number of carbonyl (C=O) groups excluding carboxylic acids is 1. The molecule has 1 aromatic rings. The number of aromatic amines is 1. The van der Waals surface area contributed by atoms with E-state index in [1.165, 1.54) is 18.4 Å². The number of hydrogen-bond acceptors (Lipinski definition) is 3. The number of nitrogens with one attached hydrogen (secondary N) is 1. The molecule has 0 spiro atoms. The van der Waals surface area contributed by atoms with Crippen LogP contribution in [0, 0.1) is 5.92 Å². The molecule has 24 heavy (non-hydrogen) atoms. The van der Waals surface area contributed by atoms with E-state index < -0.39 is 0 Å². The maximum absolute atomic E-state index is 13.0. The Morgan fingerprint density at radius 1 is 1.33 bits per heavy atom. The average molecular weight is 330 g/mol. The van der Waals surface area contributed by atoms with Gasteiger partial charge in [-0.2, -0.15) is 5.10 Å². The first-order valence-electron chi connectivity index (χ1n) is 9.27. The molecule has 0 radical (unpaired) electrons. The van der Waals surface area contributed by atoms with Gasteiger partial charge in [-0.25, -0.2) is 0 Å². The third-order valence-corrected chi connectivity index (χ3v) is 5.30. The molecule has 3 aliphatic heterocycles. The second-order valence-corrected chi connectivity index (χ2v) is 7.55. The number of amides is 1. The fourth-order valence-corrected chi connectivity index (χ4v) is 3.98. The second-order valence-electron chi connectivity index (χ2n) is 7.55. The molecule has 5 nitrogen and oxygen atoms in total. The number of H-pyrrole nitrogens is 1. The number of fused-ring (bicyclic) bond motifs is 4. The van der Waals surface area contributed by atoms with E-state index in [0.29, 0.717) is 12.0 Å². The van der Waals surface area contributed by atoms with Crippen LogP contribution in [0.4, 0.5) is 0 Å². The SMILES string of the molecule is CCCc1[nH]ncc1C(=O)N1C[C@@H]2CC[C@H](C1)N(CC=C(C)C)C2.